The number of allylic oxidation sites excluding steroid dienone is 1. The summed E-state index contributed by atoms with van der Waals surface area (Å²) >= 11 is 0. The Kier molecular flexibility index (Phi) is 19.5. The van der Waals surface area contributed by atoms with Crippen molar-refractivity contribution in [2.45, 2.75) is 64.5 Å². The highest BCUT2D eigenvalue weighted by Crippen LogP contribution is 2.38. The third-order valence-electron chi connectivity index (χ3n) is 6.37. The van der Waals surface area contributed by atoms with Crippen LogP contribution in [-0.4, -0.2) is 55.3 Å². The molecule has 3 rings (SSSR count). The number of ether oxygens (including phenoxy) is 3. The molecule has 9 nitrogen and oxygen atoms in total. The molecule has 3 aromatic rings. The van der Waals surface area contributed by atoms with E-state index in [4.69, 9.17) is 30.8 Å². The normalized spacial score (nSPS) is 11.0. The summed E-state index contributed by atoms with van der Waals surface area (Å²) in [5, 5.41) is 8.60. The Morgan fingerprint density at radius 3 is 1.88 bits per heavy atom. The number of hydrogen-bond acceptors (Lipinski definition) is 9. The van der Waals surface area contributed by atoms with Crippen LogP contribution in [0.1, 0.15) is 78.7 Å². The van der Waals surface area contributed by atoms with Gasteiger partial charge in [0.1, 0.15) is 17.8 Å². The zero-order valence-electron chi connectivity index (χ0n) is 27.9. The Balaban J connectivity index is 0.000000533. The third kappa shape index (κ3) is 16.4. The summed E-state index contributed by atoms with van der Waals surface area (Å²) in [5.41, 5.74) is 13.4. The highest BCUT2D eigenvalue weighted by molar-refractivity contribution is 5.92. The third-order valence-corrected chi connectivity index (χ3v) is 6.37. The maximum absolute atomic E-state index is 12.8. The Hall–Kier alpha value is -4.98. The van der Waals surface area contributed by atoms with E-state index < -0.39 is 36.9 Å². The number of anilines is 2. The molecule has 14 heteroatoms. The lowest BCUT2D eigenvalue weighted by Gasteiger charge is -2.19. The molecule has 0 radical (unpaired) electrons. The van der Waals surface area contributed by atoms with E-state index >= 15 is 0 Å². The number of aliphatic hydroxyl groups excluding tert-OH is 1. The van der Waals surface area contributed by atoms with Gasteiger partial charge in [-0.15, -0.1) is 0 Å². The van der Waals surface area contributed by atoms with Gasteiger partial charge in [-0.1, -0.05) is 38.5 Å². The van der Waals surface area contributed by atoms with Crippen LogP contribution < -0.4 is 20.9 Å². The van der Waals surface area contributed by atoms with Gasteiger partial charge in [0, 0.05) is 24.4 Å². The molecule has 0 aromatic heterocycles. The number of rotatable bonds is 16. The lowest BCUT2D eigenvalue weighted by molar-refractivity contribution is -0.284. The molecule has 5 N–H and O–H groups in total. The number of alkyl halides is 5. The van der Waals surface area contributed by atoms with Crippen LogP contribution in [0.2, 0.25) is 0 Å². The van der Waals surface area contributed by atoms with Gasteiger partial charge < -0.3 is 30.8 Å². The van der Waals surface area contributed by atoms with Crippen molar-refractivity contribution in [3.05, 3.63) is 89.5 Å². The summed E-state index contributed by atoms with van der Waals surface area (Å²) in [7, 11) is 0. The topological polar surface area (TPSA) is 151 Å². The molecule has 0 fully saturated rings. The van der Waals surface area contributed by atoms with E-state index in [1.54, 1.807) is 48.5 Å². The van der Waals surface area contributed by atoms with Crippen LogP contribution in [0.4, 0.5) is 33.3 Å². The van der Waals surface area contributed by atoms with Crippen LogP contribution in [0.15, 0.2) is 72.8 Å². The maximum Gasteiger partial charge on any atom is 0.453 e. The Bertz CT molecular complexity index is 1460. The van der Waals surface area contributed by atoms with Gasteiger partial charge in [0.25, 0.3) is 0 Å². The second-order valence-electron chi connectivity index (χ2n) is 10.3. The Morgan fingerprint density at radius 2 is 1.32 bits per heavy atom. The van der Waals surface area contributed by atoms with Gasteiger partial charge in [0.15, 0.2) is 0 Å². The lowest BCUT2D eigenvalue weighted by Crippen LogP contribution is -2.36. The first-order valence-electron chi connectivity index (χ1n) is 15.8. The molecule has 0 amide bonds. The molecule has 0 heterocycles. The molecule has 0 unspecified atom stereocenters. The number of aldehydes is 1. The minimum atomic E-state index is -5.58. The second-order valence-corrected chi connectivity index (χ2v) is 10.3. The highest BCUT2D eigenvalue weighted by atomic mass is 19.4. The number of nitrogens with two attached hydrogens (primary N) is 2. The van der Waals surface area contributed by atoms with E-state index in [1.165, 1.54) is 30.3 Å². The van der Waals surface area contributed by atoms with Crippen LogP contribution in [0.5, 0.6) is 11.5 Å². The van der Waals surface area contributed by atoms with Crippen molar-refractivity contribution >= 4 is 35.7 Å². The van der Waals surface area contributed by atoms with Crippen molar-refractivity contribution in [3.8, 4) is 11.5 Å². The van der Waals surface area contributed by atoms with Crippen LogP contribution in [0, 0.1) is 0 Å². The lowest BCUT2D eigenvalue weighted by atomic mass is 10.2. The minimum absolute atomic E-state index is 0.191. The number of carbonyl (C=O) groups excluding carboxylic acids is 3. The number of hydrogen-bond donors (Lipinski definition) is 3. The fraction of sp³-hybridized carbons (Fsp3) is 0.361. The van der Waals surface area contributed by atoms with Crippen molar-refractivity contribution in [2.24, 2.45) is 0 Å². The quantitative estimate of drug-likeness (QED) is 0.0255. The van der Waals surface area contributed by atoms with E-state index in [9.17, 15) is 36.3 Å². The first kappa shape index (κ1) is 43.0. The van der Waals surface area contributed by atoms with Gasteiger partial charge in [-0.25, -0.2) is 9.59 Å². The van der Waals surface area contributed by atoms with Gasteiger partial charge in [-0.3, -0.25) is 4.79 Å². The SMILES string of the molecule is CC.Nc1cc(N)cc(C(=O)OCCCCCCO)c1.O=C/C=C/c1ccc(OC(=O)c2ccc(OCCCC(F)(F)C(F)(F)F)cc2)cc1. The monoisotopic (exact) mass is 710 g/mol. The fourth-order valence-corrected chi connectivity index (χ4v) is 3.89. The van der Waals surface area contributed by atoms with Crippen molar-refractivity contribution < 1.29 is 55.7 Å². The molecule has 50 heavy (non-hydrogen) atoms. The molecular weight excluding hydrogens is 667 g/mol. The van der Waals surface area contributed by atoms with E-state index in [-0.39, 0.29) is 30.3 Å². The molecule has 0 aliphatic heterocycles. The van der Waals surface area contributed by atoms with Gasteiger partial charge in [-0.2, -0.15) is 22.0 Å². The summed E-state index contributed by atoms with van der Waals surface area (Å²) in [4.78, 5) is 34.1. The molecule has 0 saturated carbocycles. The number of benzene rings is 3. The van der Waals surface area contributed by atoms with E-state index in [0.717, 1.165) is 31.2 Å². The maximum atomic E-state index is 12.8. The van der Waals surface area contributed by atoms with Crippen LogP contribution in [0.3, 0.4) is 0 Å². The average molecular weight is 711 g/mol. The molecule has 0 saturated heterocycles. The van der Waals surface area contributed by atoms with Crippen molar-refractivity contribution in [3.63, 3.8) is 0 Å². The number of carbonyl (C=O) groups is 3. The summed E-state index contributed by atoms with van der Waals surface area (Å²) in [6.45, 7) is 4.25. The molecule has 3 aromatic carbocycles. The summed E-state index contributed by atoms with van der Waals surface area (Å²) in [6, 6.07) is 16.6. The first-order chi connectivity index (χ1) is 23.8. The van der Waals surface area contributed by atoms with E-state index in [0.29, 0.717) is 29.8 Å². The van der Waals surface area contributed by atoms with Crippen LogP contribution >= 0.6 is 0 Å². The van der Waals surface area contributed by atoms with Gasteiger partial charge in [0.05, 0.1) is 24.3 Å². The van der Waals surface area contributed by atoms with Crippen LogP contribution in [-0.2, 0) is 9.53 Å². The predicted molar refractivity (Wildman–Crippen MR) is 181 cm³/mol. The molecule has 0 spiro atoms. The number of unbranched alkanes of at least 4 members (excludes halogenated alkanes) is 3. The second kappa shape index (κ2) is 22.6. The van der Waals surface area contributed by atoms with Gasteiger partial charge in [-0.05, 0) is 91.9 Å². The largest absolute Gasteiger partial charge is 0.494 e. The summed E-state index contributed by atoms with van der Waals surface area (Å²) in [5.74, 6) is -5.31. The van der Waals surface area contributed by atoms with E-state index in [2.05, 4.69) is 0 Å². The highest BCUT2D eigenvalue weighted by Gasteiger charge is 2.56. The van der Waals surface area contributed by atoms with Crippen molar-refractivity contribution in [1.82, 2.24) is 0 Å². The molecular formula is C36H43F5N2O7. The number of halogens is 5. The number of aliphatic hydroxyl groups is 1. The minimum Gasteiger partial charge on any atom is -0.494 e. The fourth-order valence-electron chi connectivity index (χ4n) is 3.89. The van der Waals surface area contributed by atoms with Crippen molar-refractivity contribution in [1.29, 1.82) is 0 Å². The molecule has 0 atom stereocenters. The molecule has 0 aliphatic carbocycles. The number of esters is 2. The number of nitrogen functional groups attached to an aromatic ring is 2. The first-order valence-corrected chi connectivity index (χ1v) is 15.8. The molecule has 0 aliphatic rings. The molecule has 0 bridgehead atoms. The zero-order chi connectivity index (χ0) is 37.6. The molecule has 274 valence electrons. The van der Waals surface area contributed by atoms with Crippen LogP contribution in [0.25, 0.3) is 6.08 Å². The smallest absolute Gasteiger partial charge is 0.453 e. The zero-order valence-corrected chi connectivity index (χ0v) is 27.9. The average Bonchev–Trinajstić information content (AvgIpc) is 3.08. The van der Waals surface area contributed by atoms with Gasteiger partial charge in [0.2, 0.25) is 0 Å². The predicted octanol–water partition coefficient (Wildman–Crippen LogP) is 8.06. The van der Waals surface area contributed by atoms with E-state index in [1.807, 2.05) is 13.8 Å². The van der Waals surface area contributed by atoms with Crippen molar-refractivity contribution in [2.75, 3.05) is 31.3 Å². The van der Waals surface area contributed by atoms with Gasteiger partial charge >= 0.3 is 24.0 Å². The summed E-state index contributed by atoms with van der Waals surface area (Å²) in [6.07, 6.45) is -0.427. The Labute approximate surface area is 288 Å². The summed E-state index contributed by atoms with van der Waals surface area (Å²) < 4.78 is 77.3. The Morgan fingerprint density at radius 1 is 0.740 bits per heavy atom. The standard InChI is InChI=1S/C21H17F5O4.C13H20N2O3.C2H6/c22-20(23,21(24,25)26)12-2-14-29-17-10-6-16(7-11-17)19(28)30-18-8-4-15(5-9-18)3-1-13-27;14-11-7-10(8-12(15)9-11)13(17)18-6-4-2-1-3-5-16;1-2/h1,3-11,13H,2,12,14H2;7-9,16H,1-6,14-15H2;1-2H3/b3-1+;;.